The molecule has 0 spiro atoms. The lowest BCUT2D eigenvalue weighted by Gasteiger charge is -2.41. The summed E-state index contributed by atoms with van der Waals surface area (Å²) in [5.41, 5.74) is 4.55. The lowest BCUT2D eigenvalue weighted by Crippen LogP contribution is -2.31. The molecule has 1 heterocycles. The molecule has 0 aliphatic carbocycles. The molecule has 0 aromatic heterocycles. The minimum Gasteiger partial charge on any atom is -0.0998 e. The minimum atomic E-state index is -0.800. The Kier molecular flexibility index (Phi) is 11.1. The molecule has 6 unspecified atom stereocenters. The summed E-state index contributed by atoms with van der Waals surface area (Å²) in [7, 11) is -0.695. The Bertz CT molecular complexity index is 446. The van der Waals surface area contributed by atoms with Gasteiger partial charge in [0, 0.05) is 27.3 Å². The zero-order valence-corrected chi connectivity index (χ0v) is 22.2. The van der Waals surface area contributed by atoms with Crippen molar-refractivity contribution in [1.29, 1.82) is 0 Å². The summed E-state index contributed by atoms with van der Waals surface area (Å²) in [5.74, 6) is 2.67. The lowest BCUT2D eigenvalue weighted by atomic mass is 9.87. The monoisotopic (exact) mass is 413 g/mol. The molecule has 0 bridgehead atoms. The van der Waals surface area contributed by atoms with Gasteiger partial charge in [-0.05, 0) is 74.3 Å². The average molecular weight is 414 g/mol. The van der Waals surface area contributed by atoms with Crippen LogP contribution in [0.5, 0.6) is 0 Å². The van der Waals surface area contributed by atoms with E-state index in [2.05, 4.69) is 74.3 Å². The second kappa shape index (κ2) is 11.7. The Morgan fingerprint density at radius 1 is 1.15 bits per heavy atom. The van der Waals surface area contributed by atoms with Crippen LogP contribution in [0, 0.1) is 17.8 Å². The highest BCUT2D eigenvalue weighted by Gasteiger charge is 2.41. The van der Waals surface area contributed by atoms with Crippen LogP contribution in [0.15, 0.2) is 11.6 Å². The number of hydrogen-bond acceptors (Lipinski definition) is 0. The minimum absolute atomic E-state index is 0.105. The fourth-order valence-electron chi connectivity index (χ4n) is 5.24. The fraction of sp³-hybridized carbons (Fsp3) is 0.920. The molecule has 0 aromatic carbocycles. The van der Waals surface area contributed by atoms with Gasteiger partial charge in [-0.1, -0.05) is 67.5 Å². The smallest absolute Gasteiger partial charge is 0.0726 e. The third-order valence-corrected chi connectivity index (χ3v) is 13.1. The van der Waals surface area contributed by atoms with Crippen molar-refractivity contribution in [1.82, 2.24) is 0 Å². The van der Waals surface area contributed by atoms with E-state index in [9.17, 15) is 0 Å². The third kappa shape index (κ3) is 8.09. The number of allylic oxidation sites excluding steroid dienone is 2. The molecule has 27 heavy (non-hydrogen) atoms. The summed E-state index contributed by atoms with van der Waals surface area (Å²) in [6.45, 7) is 25.1. The zero-order chi connectivity index (χ0) is 20.8. The Morgan fingerprint density at radius 2 is 1.78 bits per heavy atom. The SMILES string of the molecule is CCC(CC/C=C1\CC(CC)C([P+](C)(C)C)CC(C)P(C)C1C)CC(C)C. The first kappa shape index (κ1) is 25.6. The van der Waals surface area contributed by atoms with E-state index in [0.717, 1.165) is 34.7 Å². The Labute approximate surface area is 174 Å². The van der Waals surface area contributed by atoms with Gasteiger partial charge in [0.2, 0.25) is 0 Å². The molecule has 0 aromatic rings. The van der Waals surface area contributed by atoms with E-state index in [1.807, 2.05) is 5.57 Å². The van der Waals surface area contributed by atoms with Crippen molar-refractivity contribution < 1.29 is 0 Å². The standard InChI is InChI=1S/C25H51P2/c1-11-22(16-19(3)4)14-13-15-24-18-23(12-2)25(27(8,9)10)17-20(5)26(7)21(24)6/h15,19-23,25H,11-14,16-18H2,1-10H3/q+1/b24-15+. The molecule has 0 nitrogen and oxygen atoms in total. The maximum atomic E-state index is 2.71. The van der Waals surface area contributed by atoms with E-state index in [1.54, 1.807) is 0 Å². The molecular weight excluding hydrogens is 362 g/mol. The second-order valence-electron chi connectivity index (χ2n) is 10.7. The molecule has 160 valence electrons. The maximum Gasteiger partial charge on any atom is 0.0726 e. The molecule has 0 amide bonds. The van der Waals surface area contributed by atoms with Crippen LogP contribution in [0.25, 0.3) is 0 Å². The largest absolute Gasteiger partial charge is 0.0998 e. The quantitative estimate of drug-likeness (QED) is 0.275. The van der Waals surface area contributed by atoms with Crippen LogP contribution in [0.3, 0.4) is 0 Å². The molecule has 1 rings (SSSR count). The molecule has 0 N–H and O–H groups in total. The van der Waals surface area contributed by atoms with Crippen LogP contribution < -0.4 is 0 Å². The average Bonchev–Trinajstić information content (AvgIpc) is 2.58. The molecule has 1 saturated heterocycles. The molecule has 1 aliphatic heterocycles. The van der Waals surface area contributed by atoms with E-state index in [0.29, 0.717) is 0 Å². The highest BCUT2D eigenvalue weighted by Crippen LogP contribution is 2.62. The summed E-state index contributed by atoms with van der Waals surface area (Å²) in [6, 6.07) is 0. The van der Waals surface area contributed by atoms with Gasteiger partial charge < -0.3 is 0 Å². The Balaban J connectivity index is 2.97. The second-order valence-corrected chi connectivity index (χ2v) is 18.6. The first-order valence-corrected chi connectivity index (χ1v) is 16.9. The van der Waals surface area contributed by atoms with Crippen molar-refractivity contribution in [3.05, 3.63) is 11.6 Å². The first-order chi connectivity index (χ1) is 12.5. The van der Waals surface area contributed by atoms with Crippen molar-refractivity contribution in [3.63, 3.8) is 0 Å². The van der Waals surface area contributed by atoms with Gasteiger partial charge in [0.05, 0.1) is 5.66 Å². The van der Waals surface area contributed by atoms with Crippen molar-refractivity contribution in [2.75, 3.05) is 26.7 Å². The Morgan fingerprint density at radius 3 is 2.26 bits per heavy atom. The predicted octanol–water partition coefficient (Wildman–Crippen LogP) is 8.75. The summed E-state index contributed by atoms with van der Waals surface area (Å²) in [4.78, 5) is 0. The van der Waals surface area contributed by atoms with Crippen molar-refractivity contribution >= 4 is 15.2 Å². The molecular formula is C25H51P2+. The van der Waals surface area contributed by atoms with E-state index in [4.69, 9.17) is 0 Å². The van der Waals surface area contributed by atoms with Gasteiger partial charge >= 0.3 is 0 Å². The third-order valence-electron chi connectivity index (χ3n) is 7.35. The van der Waals surface area contributed by atoms with Gasteiger partial charge in [-0.3, -0.25) is 0 Å². The topological polar surface area (TPSA) is 0 Å². The fourth-order valence-corrected chi connectivity index (χ4v) is 9.99. The summed E-state index contributed by atoms with van der Waals surface area (Å²) >= 11 is 0. The van der Waals surface area contributed by atoms with Gasteiger partial charge in [-0.25, -0.2) is 0 Å². The zero-order valence-electron chi connectivity index (χ0n) is 20.4. The number of rotatable bonds is 8. The summed E-state index contributed by atoms with van der Waals surface area (Å²) < 4.78 is 0. The summed E-state index contributed by atoms with van der Waals surface area (Å²) in [5, 5.41) is 0. The van der Waals surface area contributed by atoms with E-state index in [-0.39, 0.29) is 7.92 Å². The normalized spacial score (nSPS) is 33.1. The van der Waals surface area contributed by atoms with Gasteiger partial charge in [0.1, 0.15) is 0 Å². The molecule has 2 heteroatoms. The van der Waals surface area contributed by atoms with Crippen molar-refractivity contribution in [3.8, 4) is 0 Å². The van der Waals surface area contributed by atoms with Crippen LogP contribution in [0.4, 0.5) is 0 Å². The molecule has 6 atom stereocenters. The van der Waals surface area contributed by atoms with Crippen LogP contribution in [0.1, 0.15) is 86.5 Å². The lowest BCUT2D eigenvalue weighted by molar-refractivity contribution is 0.377. The number of hydrogen-bond donors (Lipinski definition) is 0. The van der Waals surface area contributed by atoms with Crippen LogP contribution in [0.2, 0.25) is 0 Å². The molecule has 0 saturated carbocycles. The van der Waals surface area contributed by atoms with Crippen molar-refractivity contribution in [2.24, 2.45) is 17.8 Å². The van der Waals surface area contributed by atoms with E-state index < -0.39 is 7.26 Å². The van der Waals surface area contributed by atoms with Gasteiger partial charge in [0.25, 0.3) is 0 Å². The van der Waals surface area contributed by atoms with E-state index >= 15 is 0 Å². The molecule has 1 fully saturated rings. The van der Waals surface area contributed by atoms with Crippen LogP contribution >= 0.6 is 15.2 Å². The maximum absolute atomic E-state index is 2.71. The Hall–Kier alpha value is 0.600. The van der Waals surface area contributed by atoms with Gasteiger partial charge in [-0.2, -0.15) is 0 Å². The molecule has 0 radical (unpaired) electrons. The van der Waals surface area contributed by atoms with Gasteiger partial charge in [-0.15, -0.1) is 0 Å². The predicted molar refractivity (Wildman–Crippen MR) is 134 cm³/mol. The first-order valence-electron chi connectivity index (χ1n) is 11.7. The van der Waals surface area contributed by atoms with Crippen LogP contribution in [-0.2, 0) is 0 Å². The highest BCUT2D eigenvalue weighted by molar-refractivity contribution is 7.74. The van der Waals surface area contributed by atoms with E-state index in [1.165, 1.54) is 44.9 Å². The van der Waals surface area contributed by atoms with Gasteiger partial charge in [0.15, 0.2) is 0 Å². The highest BCUT2D eigenvalue weighted by atomic mass is 31.2. The summed E-state index contributed by atoms with van der Waals surface area (Å²) in [6.07, 6.45) is 12.4. The molecule has 1 aliphatic rings. The van der Waals surface area contributed by atoms with Crippen LogP contribution in [-0.4, -0.2) is 43.6 Å². The van der Waals surface area contributed by atoms with Crippen molar-refractivity contribution in [2.45, 2.75) is 103 Å².